The van der Waals surface area contributed by atoms with Gasteiger partial charge in [0.1, 0.15) is 17.3 Å². The fraction of sp³-hybridized carbons (Fsp3) is 0.188. The molecule has 2 rings (SSSR count). The summed E-state index contributed by atoms with van der Waals surface area (Å²) in [5.41, 5.74) is 1.65. The highest BCUT2D eigenvalue weighted by atomic mass is 79.9. The van der Waals surface area contributed by atoms with E-state index in [9.17, 15) is 9.18 Å². The van der Waals surface area contributed by atoms with Crippen LogP contribution in [0.3, 0.4) is 0 Å². The molecule has 0 aromatic heterocycles. The van der Waals surface area contributed by atoms with Crippen LogP contribution in [0.5, 0.6) is 5.75 Å². The van der Waals surface area contributed by atoms with Crippen molar-refractivity contribution in [3.63, 3.8) is 0 Å². The maximum absolute atomic E-state index is 13.1. The number of methoxy groups -OCH3 is 1. The van der Waals surface area contributed by atoms with Gasteiger partial charge < -0.3 is 4.74 Å². The number of para-hydroxylation sites is 1. The minimum Gasteiger partial charge on any atom is -0.496 e. The van der Waals surface area contributed by atoms with Gasteiger partial charge >= 0.3 is 0 Å². The Balaban J connectivity index is 2.07. The summed E-state index contributed by atoms with van der Waals surface area (Å²) in [6.07, 6.45) is 0.579. The van der Waals surface area contributed by atoms with Crippen LogP contribution in [0.1, 0.15) is 11.1 Å². The molecule has 4 heteroatoms. The summed E-state index contributed by atoms with van der Waals surface area (Å²) in [6, 6.07) is 12.1. The molecule has 0 atom stereocenters. The molecule has 0 unspecified atom stereocenters. The van der Waals surface area contributed by atoms with Crippen molar-refractivity contribution in [1.29, 1.82) is 0 Å². The zero-order chi connectivity index (χ0) is 14.5. The lowest BCUT2D eigenvalue weighted by Crippen LogP contribution is -2.07. The predicted octanol–water partition coefficient (Wildman–Crippen LogP) is 3.95. The molecule has 0 aliphatic rings. The van der Waals surface area contributed by atoms with Crippen molar-refractivity contribution in [3.8, 4) is 5.75 Å². The number of carbonyl (C=O) groups is 1. The maximum Gasteiger partial charge on any atom is 0.141 e. The van der Waals surface area contributed by atoms with Gasteiger partial charge in [-0.05, 0) is 39.7 Å². The lowest BCUT2D eigenvalue weighted by atomic mass is 10.0. The van der Waals surface area contributed by atoms with Crippen molar-refractivity contribution in [1.82, 2.24) is 0 Å². The molecule has 0 radical (unpaired) electrons. The molecule has 0 saturated heterocycles. The molecule has 0 N–H and O–H groups in total. The Hall–Kier alpha value is -1.68. The van der Waals surface area contributed by atoms with Crippen LogP contribution in [0.25, 0.3) is 0 Å². The SMILES string of the molecule is COc1ccccc1CC(=O)Cc1ccc(F)c(Br)c1. The smallest absolute Gasteiger partial charge is 0.141 e. The highest BCUT2D eigenvalue weighted by molar-refractivity contribution is 9.10. The molecule has 0 saturated carbocycles. The Bertz CT molecular complexity index is 626. The Morgan fingerprint density at radius 1 is 1.20 bits per heavy atom. The zero-order valence-electron chi connectivity index (χ0n) is 11.0. The number of hydrogen-bond acceptors (Lipinski definition) is 2. The lowest BCUT2D eigenvalue weighted by Gasteiger charge is -2.07. The van der Waals surface area contributed by atoms with Gasteiger partial charge in [0.2, 0.25) is 0 Å². The maximum atomic E-state index is 13.1. The molecule has 2 aromatic rings. The quantitative estimate of drug-likeness (QED) is 0.826. The number of ketones is 1. The normalized spacial score (nSPS) is 10.3. The second kappa shape index (κ2) is 6.66. The molecular weight excluding hydrogens is 323 g/mol. The zero-order valence-corrected chi connectivity index (χ0v) is 12.6. The highest BCUT2D eigenvalue weighted by Crippen LogP contribution is 2.20. The first kappa shape index (κ1) is 14.7. The van der Waals surface area contributed by atoms with Crippen LogP contribution in [0.2, 0.25) is 0 Å². The predicted molar refractivity (Wildman–Crippen MR) is 79.5 cm³/mol. The van der Waals surface area contributed by atoms with Gasteiger partial charge in [-0.25, -0.2) is 4.39 Å². The van der Waals surface area contributed by atoms with Crippen molar-refractivity contribution in [2.75, 3.05) is 7.11 Å². The van der Waals surface area contributed by atoms with E-state index in [1.807, 2.05) is 24.3 Å². The second-order valence-electron chi connectivity index (χ2n) is 4.45. The summed E-state index contributed by atoms with van der Waals surface area (Å²) in [4.78, 5) is 12.1. The van der Waals surface area contributed by atoms with E-state index in [-0.39, 0.29) is 18.0 Å². The van der Waals surface area contributed by atoms with Crippen molar-refractivity contribution < 1.29 is 13.9 Å². The van der Waals surface area contributed by atoms with E-state index in [1.165, 1.54) is 6.07 Å². The lowest BCUT2D eigenvalue weighted by molar-refractivity contribution is -0.117. The standard InChI is InChI=1S/C16H14BrFO2/c1-20-16-5-3-2-4-12(16)10-13(19)8-11-6-7-15(18)14(17)9-11/h2-7,9H,8,10H2,1H3. The van der Waals surface area contributed by atoms with Gasteiger partial charge in [0, 0.05) is 18.4 Å². The van der Waals surface area contributed by atoms with E-state index >= 15 is 0 Å². The minimum absolute atomic E-state index is 0.0630. The number of halogens is 2. The van der Waals surface area contributed by atoms with E-state index < -0.39 is 0 Å². The van der Waals surface area contributed by atoms with E-state index in [2.05, 4.69) is 15.9 Å². The van der Waals surface area contributed by atoms with E-state index in [0.29, 0.717) is 16.6 Å². The molecule has 104 valence electrons. The molecule has 0 aliphatic carbocycles. The second-order valence-corrected chi connectivity index (χ2v) is 5.31. The number of carbonyl (C=O) groups excluding carboxylic acids is 1. The summed E-state index contributed by atoms with van der Waals surface area (Å²) < 4.78 is 18.7. The summed E-state index contributed by atoms with van der Waals surface area (Å²) in [5.74, 6) is 0.445. The molecule has 2 aromatic carbocycles. The average Bonchev–Trinajstić information content (AvgIpc) is 2.43. The number of rotatable bonds is 5. The fourth-order valence-corrected chi connectivity index (χ4v) is 2.43. The van der Waals surface area contributed by atoms with Gasteiger partial charge in [0.25, 0.3) is 0 Å². The van der Waals surface area contributed by atoms with Crippen molar-refractivity contribution in [2.24, 2.45) is 0 Å². The minimum atomic E-state index is -0.328. The van der Waals surface area contributed by atoms with E-state index in [4.69, 9.17) is 4.74 Å². The number of benzene rings is 2. The van der Waals surface area contributed by atoms with Gasteiger partial charge in [0.05, 0.1) is 11.6 Å². The Morgan fingerprint density at radius 2 is 1.95 bits per heavy atom. The monoisotopic (exact) mass is 336 g/mol. The number of Topliss-reactive ketones (excluding diaryl/α,β-unsaturated/α-hetero) is 1. The van der Waals surface area contributed by atoms with E-state index in [1.54, 1.807) is 19.2 Å². The van der Waals surface area contributed by atoms with Crippen LogP contribution in [-0.4, -0.2) is 12.9 Å². The third-order valence-electron chi connectivity index (χ3n) is 2.97. The molecule has 20 heavy (non-hydrogen) atoms. The Kier molecular flexibility index (Phi) is 4.90. The highest BCUT2D eigenvalue weighted by Gasteiger charge is 2.10. The van der Waals surface area contributed by atoms with Gasteiger partial charge in [-0.2, -0.15) is 0 Å². The van der Waals surface area contributed by atoms with Crippen LogP contribution < -0.4 is 4.74 Å². The van der Waals surface area contributed by atoms with Crippen LogP contribution in [0.4, 0.5) is 4.39 Å². The molecule has 0 bridgehead atoms. The Labute approximate surface area is 125 Å². The van der Waals surface area contributed by atoms with Gasteiger partial charge in [-0.1, -0.05) is 24.3 Å². The molecule has 0 aliphatic heterocycles. The van der Waals surface area contributed by atoms with Crippen LogP contribution in [-0.2, 0) is 17.6 Å². The number of ether oxygens (including phenoxy) is 1. The third kappa shape index (κ3) is 3.67. The van der Waals surface area contributed by atoms with E-state index in [0.717, 1.165) is 11.1 Å². The largest absolute Gasteiger partial charge is 0.496 e. The van der Waals surface area contributed by atoms with Gasteiger partial charge in [0.15, 0.2) is 0 Å². The summed E-state index contributed by atoms with van der Waals surface area (Å²) in [5, 5.41) is 0. The van der Waals surface area contributed by atoms with Crippen molar-refractivity contribution >= 4 is 21.7 Å². The van der Waals surface area contributed by atoms with Crippen molar-refractivity contribution in [2.45, 2.75) is 12.8 Å². The first-order chi connectivity index (χ1) is 9.60. The van der Waals surface area contributed by atoms with Crippen molar-refractivity contribution in [3.05, 3.63) is 63.9 Å². The first-order valence-electron chi connectivity index (χ1n) is 6.17. The third-order valence-corrected chi connectivity index (χ3v) is 3.57. The topological polar surface area (TPSA) is 26.3 Å². The fourth-order valence-electron chi connectivity index (χ4n) is 2.00. The summed E-state index contributed by atoms with van der Waals surface area (Å²) in [6.45, 7) is 0. The summed E-state index contributed by atoms with van der Waals surface area (Å²) >= 11 is 3.12. The van der Waals surface area contributed by atoms with Crippen LogP contribution in [0, 0.1) is 5.82 Å². The molecule has 0 spiro atoms. The van der Waals surface area contributed by atoms with Gasteiger partial charge in [-0.3, -0.25) is 4.79 Å². The Morgan fingerprint density at radius 3 is 2.65 bits per heavy atom. The van der Waals surface area contributed by atoms with Gasteiger partial charge in [-0.15, -0.1) is 0 Å². The van der Waals surface area contributed by atoms with Crippen LogP contribution >= 0.6 is 15.9 Å². The average molecular weight is 337 g/mol. The molecule has 2 nitrogen and oxygen atoms in total. The molecule has 0 amide bonds. The molecular formula is C16H14BrFO2. The first-order valence-corrected chi connectivity index (χ1v) is 6.97. The summed E-state index contributed by atoms with van der Waals surface area (Å²) in [7, 11) is 1.58. The van der Waals surface area contributed by atoms with Crippen LogP contribution in [0.15, 0.2) is 46.9 Å². The molecule has 0 heterocycles. The number of hydrogen-bond donors (Lipinski definition) is 0. The molecule has 0 fully saturated rings.